The van der Waals surface area contributed by atoms with Crippen molar-refractivity contribution >= 4 is 10.9 Å². The number of para-hydroxylation sites is 1. The van der Waals surface area contributed by atoms with Gasteiger partial charge in [-0.15, -0.1) is 0 Å². The summed E-state index contributed by atoms with van der Waals surface area (Å²) in [4.78, 5) is 3.26. The number of aromatic nitrogens is 1. The average molecular weight is 203 g/mol. The third kappa shape index (κ3) is 2.19. The highest BCUT2D eigenvalue weighted by atomic mass is 14.9. The Morgan fingerprint density at radius 3 is 3.00 bits per heavy atom. The Labute approximate surface area is 89.7 Å². The summed E-state index contributed by atoms with van der Waals surface area (Å²) in [7, 11) is 1.93. The third-order valence-corrected chi connectivity index (χ3v) is 2.62. The van der Waals surface area contributed by atoms with Crippen LogP contribution in [0.4, 0.5) is 0 Å². The zero-order valence-electron chi connectivity index (χ0n) is 8.96. The van der Waals surface area contributed by atoms with Crippen molar-refractivity contribution in [1.82, 2.24) is 10.3 Å². The van der Waals surface area contributed by atoms with Crippen molar-refractivity contribution in [2.24, 2.45) is 5.73 Å². The highest BCUT2D eigenvalue weighted by Crippen LogP contribution is 2.18. The molecule has 1 aromatic heterocycles. The molecule has 0 fully saturated rings. The minimum atomic E-state index is 0.175. The molecule has 1 aromatic carbocycles. The summed E-state index contributed by atoms with van der Waals surface area (Å²) in [5.74, 6) is 0. The predicted octanol–water partition coefficient (Wildman–Crippen LogP) is 1.26. The summed E-state index contributed by atoms with van der Waals surface area (Å²) in [6.07, 6.45) is 2.96. The number of hydrogen-bond acceptors (Lipinski definition) is 2. The molecule has 15 heavy (non-hydrogen) atoms. The van der Waals surface area contributed by atoms with Gasteiger partial charge < -0.3 is 16.0 Å². The van der Waals surface area contributed by atoms with E-state index in [9.17, 15) is 0 Å². The third-order valence-electron chi connectivity index (χ3n) is 2.62. The first kappa shape index (κ1) is 10.2. The maximum Gasteiger partial charge on any atom is 0.0456 e. The van der Waals surface area contributed by atoms with E-state index in [0.717, 1.165) is 13.0 Å². The molecule has 0 spiro atoms. The Kier molecular flexibility index (Phi) is 3.04. The van der Waals surface area contributed by atoms with Crippen LogP contribution in [0.25, 0.3) is 10.9 Å². The summed E-state index contributed by atoms with van der Waals surface area (Å²) in [6.45, 7) is 0.847. The van der Waals surface area contributed by atoms with Gasteiger partial charge in [-0.1, -0.05) is 18.2 Å². The lowest BCUT2D eigenvalue weighted by Crippen LogP contribution is -2.33. The number of rotatable bonds is 4. The average Bonchev–Trinajstić information content (AvgIpc) is 2.62. The zero-order chi connectivity index (χ0) is 10.7. The molecule has 0 bridgehead atoms. The maximum atomic E-state index is 5.99. The van der Waals surface area contributed by atoms with Crippen LogP contribution in [0.1, 0.15) is 5.56 Å². The van der Waals surface area contributed by atoms with E-state index in [2.05, 4.69) is 34.7 Å². The number of hydrogen-bond donors (Lipinski definition) is 3. The smallest absolute Gasteiger partial charge is 0.0456 e. The van der Waals surface area contributed by atoms with E-state index in [0.29, 0.717) is 0 Å². The van der Waals surface area contributed by atoms with Gasteiger partial charge in [-0.2, -0.15) is 0 Å². The van der Waals surface area contributed by atoms with E-state index in [1.807, 2.05) is 13.1 Å². The summed E-state index contributed by atoms with van der Waals surface area (Å²) in [5.41, 5.74) is 8.47. The Morgan fingerprint density at radius 1 is 1.40 bits per heavy atom. The fourth-order valence-electron chi connectivity index (χ4n) is 1.92. The van der Waals surface area contributed by atoms with E-state index in [1.165, 1.54) is 16.5 Å². The van der Waals surface area contributed by atoms with Gasteiger partial charge in [0, 0.05) is 29.7 Å². The lowest BCUT2D eigenvalue weighted by molar-refractivity contribution is 0.617. The minimum Gasteiger partial charge on any atom is -0.361 e. The van der Waals surface area contributed by atoms with Gasteiger partial charge in [0.1, 0.15) is 0 Å². The standard InChI is InChI=1S/C12H17N3/c1-14-8-10(13)6-9-7-15-12-5-3-2-4-11(9)12/h2-5,7,10,14-15H,6,8,13H2,1H3/t10-/m0/s1. The first-order valence-corrected chi connectivity index (χ1v) is 5.26. The molecular weight excluding hydrogens is 186 g/mol. The lowest BCUT2D eigenvalue weighted by Gasteiger charge is -2.09. The van der Waals surface area contributed by atoms with Gasteiger partial charge in [0.05, 0.1) is 0 Å². The van der Waals surface area contributed by atoms with Crippen LogP contribution in [-0.4, -0.2) is 24.6 Å². The topological polar surface area (TPSA) is 53.8 Å². The molecule has 0 aliphatic heterocycles. The predicted molar refractivity (Wildman–Crippen MR) is 63.9 cm³/mol. The zero-order valence-corrected chi connectivity index (χ0v) is 8.96. The molecule has 0 unspecified atom stereocenters. The van der Waals surface area contributed by atoms with Crippen LogP contribution < -0.4 is 11.1 Å². The Balaban J connectivity index is 2.21. The van der Waals surface area contributed by atoms with Crippen molar-refractivity contribution in [1.29, 1.82) is 0 Å². The molecule has 0 saturated heterocycles. The summed E-state index contributed by atoms with van der Waals surface area (Å²) in [5, 5.41) is 4.37. The fraction of sp³-hybridized carbons (Fsp3) is 0.333. The second-order valence-electron chi connectivity index (χ2n) is 3.88. The number of H-pyrrole nitrogens is 1. The van der Waals surface area contributed by atoms with Crippen molar-refractivity contribution in [3.8, 4) is 0 Å². The van der Waals surface area contributed by atoms with Gasteiger partial charge in [-0.3, -0.25) is 0 Å². The normalized spacial score (nSPS) is 13.2. The number of nitrogens with two attached hydrogens (primary N) is 1. The van der Waals surface area contributed by atoms with E-state index >= 15 is 0 Å². The van der Waals surface area contributed by atoms with Gasteiger partial charge in [0.2, 0.25) is 0 Å². The van der Waals surface area contributed by atoms with Crippen molar-refractivity contribution in [2.45, 2.75) is 12.5 Å². The molecule has 0 radical (unpaired) electrons. The van der Waals surface area contributed by atoms with Crippen LogP contribution in [0.2, 0.25) is 0 Å². The number of nitrogens with one attached hydrogen (secondary N) is 2. The Hall–Kier alpha value is -1.32. The molecule has 3 nitrogen and oxygen atoms in total. The number of likely N-dealkylation sites (N-methyl/N-ethyl adjacent to an activating group) is 1. The molecule has 0 aliphatic rings. The Morgan fingerprint density at radius 2 is 2.20 bits per heavy atom. The second-order valence-corrected chi connectivity index (χ2v) is 3.88. The van der Waals surface area contributed by atoms with Crippen LogP contribution in [0, 0.1) is 0 Å². The van der Waals surface area contributed by atoms with Crippen molar-refractivity contribution in [3.63, 3.8) is 0 Å². The Bertz CT molecular complexity index is 433. The molecule has 0 aliphatic carbocycles. The molecular formula is C12H17N3. The molecule has 2 aromatic rings. The van der Waals surface area contributed by atoms with Crippen LogP contribution in [0.15, 0.2) is 30.5 Å². The molecule has 0 amide bonds. The van der Waals surface area contributed by atoms with Gasteiger partial charge in [-0.05, 0) is 25.1 Å². The van der Waals surface area contributed by atoms with Gasteiger partial charge in [-0.25, -0.2) is 0 Å². The molecule has 3 heteroatoms. The van der Waals surface area contributed by atoms with Gasteiger partial charge >= 0.3 is 0 Å². The quantitative estimate of drug-likeness (QED) is 0.700. The number of fused-ring (bicyclic) bond motifs is 1. The second kappa shape index (κ2) is 4.47. The monoisotopic (exact) mass is 203 g/mol. The van der Waals surface area contributed by atoms with Gasteiger partial charge in [0.25, 0.3) is 0 Å². The van der Waals surface area contributed by atoms with Crippen LogP contribution >= 0.6 is 0 Å². The lowest BCUT2D eigenvalue weighted by atomic mass is 10.1. The molecule has 2 rings (SSSR count). The van der Waals surface area contributed by atoms with Crippen LogP contribution in [-0.2, 0) is 6.42 Å². The van der Waals surface area contributed by atoms with Crippen molar-refractivity contribution < 1.29 is 0 Å². The summed E-state index contributed by atoms with van der Waals surface area (Å²) in [6, 6.07) is 8.49. The highest BCUT2D eigenvalue weighted by Gasteiger charge is 2.07. The van der Waals surface area contributed by atoms with Crippen LogP contribution in [0.3, 0.4) is 0 Å². The highest BCUT2D eigenvalue weighted by molar-refractivity contribution is 5.83. The first-order valence-electron chi connectivity index (χ1n) is 5.26. The van der Waals surface area contributed by atoms with Crippen molar-refractivity contribution in [2.75, 3.05) is 13.6 Å². The van der Waals surface area contributed by atoms with E-state index in [1.54, 1.807) is 0 Å². The fourth-order valence-corrected chi connectivity index (χ4v) is 1.92. The van der Waals surface area contributed by atoms with Crippen molar-refractivity contribution in [3.05, 3.63) is 36.0 Å². The first-order chi connectivity index (χ1) is 7.31. The number of benzene rings is 1. The minimum absolute atomic E-state index is 0.175. The van der Waals surface area contributed by atoms with E-state index in [4.69, 9.17) is 5.73 Å². The maximum absolute atomic E-state index is 5.99. The van der Waals surface area contributed by atoms with Gasteiger partial charge in [0.15, 0.2) is 0 Å². The largest absolute Gasteiger partial charge is 0.361 e. The summed E-state index contributed by atoms with van der Waals surface area (Å²) >= 11 is 0. The molecule has 1 heterocycles. The molecule has 80 valence electrons. The van der Waals surface area contributed by atoms with E-state index < -0.39 is 0 Å². The SMILES string of the molecule is CNC[C@@H](N)Cc1c[nH]c2ccccc12. The number of aromatic amines is 1. The molecule has 1 atom stereocenters. The van der Waals surface area contributed by atoms with Crippen LogP contribution in [0.5, 0.6) is 0 Å². The molecule has 0 saturated carbocycles. The van der Waals surface area contributed by atoms with E-state index in [-0.39, 0.29) is 6.04 Å². The molecule has 4 N–H and O–H groups in total. The summed E-state index contributed by atoms with van der Waals surface area (Å²) < 4.78 is 0.